The fourth-order valence-corrected chi connectivity index (χ4v) is 4.02. The number of fused-ring (bicyclic) bond motifs is 1. The summed E-state index contributed by atoms with van der Waals surface area (Å²) in [6.07, 6.45) is 2.59. The minimum absolute atomic E-state index is 0.128. The Hall–Kier alpha value is -3.12. The number of aliphatic imine (C=N–C) groups is 1. The largest absolute Gasteiger partial charge is 0.443 e. The lowest BCUT2D eigenvalue weighted by Crippen LogP contribution is -2.25. The second kappa shape index (κ2) is 8.43. The number of methoxy groups -OCH3 is 1. The fourth-order valence-electron chi connectivity index (χ4n) is 4.02. The van der Waals surface area contributed by atoms with E-state index < -0.39 is 5.41 Å². The molecule has 6 nitrogen and oxygen atoms in total. The minimum Gasteiger partial charge on any atom is -0.443 e. The van der Waals surface area contributed by atoms with Crippen molar-refractivity contribution in [3.63, 3.8) is 0 Å². The van der Waals surface area contributed by atoms with Crippen molar-refractivity contribution >= 4 is 28.7 Å². The smallest absolute Gasteiger partial charge is 0.312 e. The van der Waals surface area contributed by atoms with Crippen molar-refractivity contribution in [1.29, 1.82) is 0 Å². The lowest BCUT2D eigenvalue weighted by atomic mass is 9.98. The molecule has 32 heavy (non-hydrogen) atoms. The van der Waals surface area contributed by atoms with Crippen LogP contribution < -0.4 is 0 Å². The molecule has 1 N–H and O–H groups in total. The standard InChI is InChI=1S/C26H31N3O3/c1-16-11-17(2)27-19(16)13-21-24(31-6)14-20(28-21)23-12-18-9-7-8-10-22(18)29(23)15-32-25(30)26(3,4)5/h7-13,24,27H,14-15H2,1-6H3/b21-13-. The molecule has 168 valence electrons. The zero-order valence-electron chi connectivity index (χ0n) is 19.7. The van der Waals surface area contributed by atoms with Crippen LogP contribution >= 0.6 is 0 Å². The van der Waals surface area contributed by atoms with Gasteiger partial charge in [0.05, 0.1) is 28.0 Å². The Bertz CT molecular complexity index is 1220. The van der Waals surface area contributed by atoms with Crippen LogP contribution in [-0.4, -0.2) is 34.4 Å². The summed E-state index contributed by atoms with van der Waals surface area (Å²) in [5, 5.41) is 1.08. The van der Waals surface area contributed by atoms with Crippen LogP contribution in [0.25, 0.3) is 17.0 Å². The monoisotopic (exact) mass is 433 g/mol. The highest BCUT2D eigenvalue weighted by atomic mass is 16.5. The number of nitrogens with one attached hydrogen (secondary N) is 1. The van der Waals surface area contributed by atoms with Crippen molar-refractivity contribution in [1.82, 2.24) is 9.55 Å². The molecule has 2 aromatic heterocycles. The first kappa shape index (κ1) is 22.1. The number of benzene rings is 1. The number of aromatic amines is 1. The number of hydrogen-bond donors (Lipinski definition) is 1. The normalized spacial score (nSPS) is 17.9. The van der Waals surface area contributed by atoms with Crippen LogP contribution in [0, 0.1) is 19.3 Å². The third-order valence-electron chi connectivity index (χ3n) is 5.78. The number of aryl methyl sites for hydroxylation is 2. The predicted molar refractivity (Wildman–Crippen MR) is 128 cm³/mol. The molecule has 0 fully saturated rings. The molecule has 1 aliphatic rings. The number of esters is 1. The van der Waals surface area contributed by atoms with Gasteiger partial charge >= 0.3 is 5.97 Å². The van der Waals surface area contributed by atoms with Gasteiger partial charge in [-0.15, -0.1) is 0 Å². The van der Waals surface area contributed by atoms with Gasteiger partial charge in [-0.2, -0.15) is 0 Å². The summed E-state index contributed by atoms with van der Waals surface area (Å²) < 4.78 is 13.5. The maximum absolute atomic E-state index is 12.4. The SMILES string of the molecule is COC1CC(c2cc3ccccc3n2COC(=O)C(C)(C)C)=N/C1=C\c1[nH]c(C)cc1C. The molecule has 0 bridgehead atoms. The van der Waals surface area contributed by atoms with Gasteiger partial charge < -0.3 is 19.0 Å². The molecule has 0 saturated heterocycles. The van der Waals surface area contributed by atoms with Gasteiger partial charge in [-0.05, 0) is 64.5 Å². The first-order valence-corrected chi connectivity index (χ1v) is 10.9. The topological polar surface area (TPSA) is 68.6 Å². The Balaban J connectivity index is 1.74. The van der Waals surface area contributed by atoms with Crippen molar-refractivity contribution in [2.75, 3.05) is 7.11 Å². The van der Waals surface area contributed by atoms with Crippen LogP contribution in [0.4, 0.5) is 0 Å². The first-order chi connectivity index (χ1) is 15.2. The number of nitrogens with zero attached hydrogens (tertiary/aromatic N) is 2. The number of para-hydroxylation sites is 1. The molecule has 1 atom stereocenters. The fraction of sp³-hybridized carbons (Fsp3) is 0.385. The minimum atomic E-state index is -0.558. The molecule has 3 heterocycles. The van der Waals surface area contributed by atoms with Crippen LogP contribution in [-0.2, 0) is 21.0 Å². The van der Waals surface area contributed by atoms with Gasteiger partial charge in [-0.3, -0.25) is 9.79 Å². The van der Waals surface area contributed by atoms with Gasteiger partial charge in [-0.1, -0.05) is 18.2 Å². The molecule has 1 aromatic carbocycles. The lowest BCUT2D eigenvalue weighted by Gasteiger charge is -2.18. The highest BCUT2D eigenvalue weighted by Gasteiger charge is 2.28. The quantitative estimate of drug-likeness (QED) is 0.549. The number of aromatic nitrogens is 2. The van der Waals surface area contributed by atoms with Gasteiger partial charge in [0, 0.05) is 30.3 Å². The van der Waals surface area contributed by atoms with E-state index in [1.807, 2.05) is 50.5 Å². The van der Waals surface area contributed by atoms with Crippen molar-refractivity contribution in [2.24, 2.45) is 10.4 Å². The molecule has 1 aliphatic heterocycles. The number of rotatable bonds is 5. The molecule has 0 radical (unpaired) electrons. The summed E-state index contributed by atoms with van der Waals surface area (Å²) in [6.45, 7) is 9.84. The molecule has 0 amide bonds. The highest BCUT2D eigenvalue weighted by Crippen LogP contribution is 2.30. The summed E-state index contributed by atoms with van der Waals surface area (Å²) in [5.41, 5.74) is 6.54. The van der Waals surface area contributed by atoms with E-state index >= 15 is 0 Å². The summed E-state index contributed by atoms with van der Waals surface area (Å²) in [7, 11) is 1.71. The number of H-pyrrole nitrogens is 1. The number of hydrogen-bond acceptors (Lipinski definition) is 4. The molecule has 6 heteroatoms. The number of carbonyl (C=O) groups excluding carboxylic acids is 1. The van der Waals surface area contributed by atoms with Crippen molar-refractivity contribution in [3.05, 3.63) is 64.7 Å². The first-order valence-electron chi connectivity index (χ1n) is 10.9. The summed E-state index contributed by atoms with van der Waals surface area (Å²) >= 11 is 0. The van der Waals surface area contributed by atoms with Crippen molar-refractivity contribution in [2.45, 2.75) is 53.9 Å². The summed E-state index contributed by atoms with van der Waals surface area (Å²) in [6, 6.07) is 12.3. The maximum atomic E-state index is 12.4. The number of carbonyl (C=O) groups is 1. The summed E-state index contributed by atoms with van der Waals surface area (Å²) in [4.78, 5) is 20.8. The second-order valence-electron chi connectivity index (χ2n) is 9.43. The second-order valence-corrected chi connectivity index (χ2v) is 9.43. The Morgan fingerprint density at radius 1 is 1.25 bits per heavy atom. The van der Waals surface area contributed by atoms with E-state index in [9.17, 15) is 4.79 Å². The van der Waals surface area contributed by atoms with Gasteiger partial charge in [0.25, 0.3) is 0 Å². The molecule has 1 unspecified atom stereocenters. The van der Waals surface area contributed by atoms with Crippen LogP contribution in [0.5, 0.6) is 0 Å². The van der Waals surface area contributed by atoms with Crippen LogP contribution in [0.2, 0.25) is 0 Å². The zero-order valence-corrected chi connectivity index (χ0v) is 19.7. The Kier molecular flexibility index (Phi) is 5.82. The predicted octanol–water partition coefficient (Wildman–Crippen LogP) is 5.38. The number of ether oxygens (including phenoxy) is 2. The maximum Gasteiger partial charge on any atom is 0.312 e. The van der Waals surface area contributed by atoms with Gasteiger partial charge in [0.1, 0.15) is 6.10 Å². The molecule has 0 spiro atoms. The van der Waals surface area contributed by atoms with Crippen LogP contribution in [0.15, 0.2) is 47.1 Å². The lowest BCUT2D eigenvalue weighted by molar-refractivity contribution is -0.156. The van der Waals surface area contributed by atoms with Crippen molar-refractivity contribution < 1.29 is 14.3 Å². The zero-order chi connectivity index (χ0) is 23.0. The van der Waals surface area contributed by atoms with Crippen molar-refractivity contribution in [3.8, 4) is 0 Å². The van der Waals surface area contributed by atoms with E-state index in [2.05, 4.69) is 36.2 Å². The summed E-state index contributed by atoms with van der Waals surface area (Å²) in [5.74, 6) is -0.234. The third kappa shape index (κ3) is 4.28. The van der Waals surface area contributed by atoms with E-state index in [0.29, 0.717) is 6.42 Å². The third-order valence-corrected chi connectivity index (χ3v) is 5.78. The van der Waals surface area contributed by atoms with Crippen LogP contribution in [0.1, 0.15) is 49.8 Å². The van der Waals surface area contributed by atoms with Crippen LogP contribution in [0.3, 0.4) is 0 Å². The van der Waals surface area contributed by atoms with E-state index in [0.717, 1.165) is 39.4 Å². The molecule has 0 aliphatic carbocycles. The average molecular weight is 434 g/mol. The molecular formula is C26H31N3O3. The van der Waals surface area contributed by atoms with E-state index in [1.165, 1.54) is 5.56 Å². The van der Waals surface area contributed by atoms with Gasteiger partial charge in [0.2, 0.25) is 0 Å². The highest BCUT2D eigenvalue weighted by molar-refractivity contribution is 6.06. The Morgan fingerprint density at radius 3 is 2.66 bits per heavy atom. The molecular weight excluding hydrogens is 402 g/mol. The Morgan fingerprint density at radius 2 is 2.00 bits per heavy atom. The van der Waals surface area contributed by atoms with E-state index in [4.69, 9.17) is 14.5 Å². The average Bonchev–Trinajstić information content (AvgIpc) is 3.40. The Labute approximate surface area is 188 Å². The molecule has 0 saturated carbocycles. The van der Waals surface area contributed by atoms with Gasteiger partial charge in [0.15, 0.2) is 6.73 Å². The molecule has 4 rings (SSSR count). The van der Waals surface area contributed by atoms with Gasteiger partial charge in [-0.25, -0.2) is 0 Å². The van der Waals surface area contributed by atoms with E-state index in [1.54, 1.807) is 7.11 Å². The molecule has 3 aromatic rings. The van der Waals surface area contributed by atoms with E-state index in [-0.39, 0.29) is 18.8 Å².